The molecular weight excluding hydrogens is 767 g/mol. The highest BCUT2D eigenvalue weighted by Crippen LogP contribution is 2.38. The summed E-state index contributed by atoms with van der Waals surface area (Å²) in [6.45, 7) is 4.00. The standard InChI is InChI=1S/C42H39Cl3N2O6S/c1-27(2)53-40-25-32(15-16-34(40)42(48)49)52-22-20-33-35-24-31(43)14-18-38(35)47(41(29-9-5-3-6-10-29)30-11-7-4-8-12-30)39(33)19-21-46-54(50,51)26-28-13-17-36(44)37(45)23-28/h3-18,23-25,27,41,46H,19-22,26H2,1-2H3,(H,48,49). The van der Waals surface area contributed by atoms with E-state index in [1.54, 1.807) is 30.3 Å². The summed E-state index contributed by atoms with van der Waals surface area (Å²) in [5.41, 5.74) is 5.46. The molecule has 280 valence electrons. The summed E-state index contributed by atoms with van der Waals surface area (Å²) in [6.07, 6.45) is 0.547. The van der Waals surface area contributed by atoms with Gasteiger partial charge >= 0.3 is 5.97 Å². The Morgan fingerprint density at radius 3 is 2.13 bits per heavy atom. The van der Waals surface area contributed by atoms with Crippen LogP contribution in [0.15, 0.2) is 115 Å². The van der Waals surface area contributed by atoms with E-state index in [0.717, 1.165) is 33.3 Å². The Morgan fingerprint density at radius 1 is 0.815 bits per heavy atom. The van der Waals surface area contributed by atoms with Crippen molar-refractivity contribution in [2.45, 2.75) is 44.6 Å². The zero-order valence-corrected chi connectivity index (χ0v) is 32.7. The van der Waals surface area contributed by atoms with Gasteiger partial charge in [-0.05, 0) is 78.6 Å². The number of nitrogens with one attached hydrogen (secondary N) is 1. The number of carboxylic acid groups (broad SMARTS) is 1. The molecule has 1 heterocycles. The lowest BCUT2D eigenvalue weighted by Crippen LogP contribution is -2.28. The summed E-state index contributed by atoms with van der Waals surface area (Å²) in [5.74, 6) is -0.671. The summed E-state index contributed by atoms with van der Waals surface area (Å²) in [6, 6.07) is 35.3. The molecule has 6 rings (SSSR count). The second-order valence-corrected chi connectivity index (χ2v) is 16.1. The first-order valence-corrected chi connectivity index (χ1v) is 20.2. The molecule has 0 amide bonds. The second-order valence-electron chi connectivity index (χ2n) is 13.1. The van der Waals surface area contributed by atoms with Crippen LogP contribution < -0.4 is 14.2 Å². The van der Waals surface area contributed by atoms with Gasteiger partial charge in [0.15, 0.2) is 0 Å². The van der Waals surface area contributed by atoms with E-state index < -0.39 is 16.0 Å². The van der Waals surface area contributed by atoms with Gasteiger partial charge in [0.1, 0.15) is 17.1 Å². The Morgan fingerprint density at radius 2 is 1.50 bits per heavy atom. The van der Waals surface area contributed by atoms with Gasteiger partial charge < -0.3 is 19.1 Å². The third kappa shape index (κ3) is 9.40. The molecule has 0 saturated carbocycles. The lowest BCUT2D eigenvalue weighted by atomic mass is 9.97. The quantitative estimate of drug-likeness (QED) is 0.101. The number of sulfonamides is 1. The van der Waals surface area contributed by atoms with Crippen LogP contribution in [0.5, 0.6) is 11.5 Å². The maximum Gasteiger partial charge on any atom is 0.339 e. The van der Waals surface area contributed by atoms with Crippen LogP contribution >= 0.6 is 34.8 Å². The van der Waals surface area contributed by atoms with Crippen molar-refractivity contribution in [3.63, 3.8) is 0 Å². The number of fused-ring (bicyclic) bond motifs is 1. The number of carboxylic acids is 1. The number of nitrogens with zero attached hydrogens (tertiary/aromatic N) is 1. The minimum atomic E-state index is -3.76. The molecule has 0 aliphatic rings. The lowest BCUT2D eigenvalue weighted by Gasteiger charge is -2.25. The van der Waals surface area contributed by atoms with Gasteiger partial charge in [-0.1, -0.05) is 102 Å². The maximum absolute atomic E-state index is 13.4. The number of ether oxygens (including phenoxy) is 2. The molecule has 0 unspecified atom stereocenters. The van der Waals surface area contributed by atoms with E-state index in [-0.39, 0.29) is 47.4 Å². The molecule has 0 spiro atoms. The van der Waals surface area contributed by atoms with Gasteiger partial charge in [-0.2, -0.15) is 0 Å². The molecule has 54 heavy (non-hydrogen) atoms. The summed E-state index contributed by atoms with van der Waals surface area (Å²) in [5, 5.41) is 11.8. The van der Waals surface area contributed by atoms with Crippen molar-refractivity contribution in [1.29, 1.82) is 0 Å². The Bertz CT molecular complexity index is 2330. The average Bonchev–Trinajstić information content (AvgIpc) is 3.41. The van der Waals surface area contributed by atoms with Crippen molar-refractivity contribution in [2.24, 2.45) is 0 Å². The molecular formula is C42H39Cl3N2O6S. The van der Waals surface area contributed by atoms with E-state index in [9.17, 15) is 18.3 Å². The molecule has 2 N–H and O–H groups in total. The van der Waals surface area contributed by atoms with E-state index in [1.165, 1.54) is 6.07 Å². The second kappa shape index (κ2) is 17.3. The third-order valence-electron chi connectivity index (χ3n) is 8.86. The number of carbonyl (C=O) groups is 1. The molecule has 12 heteroatoms. The number of aromatic carboxylic acids is 1. The summed E-state index contributed by atoms with van der Waals surface area (Å²) in [4.78, 5) is 11.8. The predicted octanol–water partition coefficient (Wildman–Crippen LogP) is 10.0. The van der Waals surface area contributed by atoms with Gasteiger partial charge in [-0.25, -0.2) is 17.9 Å². The Labute approximate surface area is 330 Å². The Balaban J connectivity index is 1.40. The first-order valence-electron chi connectivity index (χ1n) is 17.4. The van der Waals surface area contributed by atoms with Crippen molar-refractivity contribution in [1.82, 2.24) is 9.29 Å². The maximum atomic E-state index is 13.4. The number of hydrogen-bond donors (Lipinski definition) is 2. The first-order chi connectivity index (χ1) is 25.9. The molecule has 0 fully saturated rings. The van der Waals surface area contributed by atoms with Gasteiger partial charge in [0.25, 0.3) is 0 Å². The highest BCUT2D eigenvalue weighted by Gasteiger charge is 2.26. The molecule has 0 saturated heterocycles. The molecule has 8 nitrogen and oxygen atoms in total. The Hall–Kier alpha value is -4.51. The largest absolute Gasteiger partial charge is 0.493 e. The van der Waals surface area contributed by atoms with E-state index in [1.807, 2.05) is 68.4 Å². The van der Waals surface area contributed by atoms with Crippen molar-refractivity contribution in [3.8, 4) is 11.5 Å². The fraction of sp³-hybridized carbons (Fsp3) is 0.214. The number of benzene rings is 5. The number of rotatable bonds is 16. The van der Waals surface area contributed by atoms with Crippen molar-refractivity contribution < 1.29 is 27.8 Å². The van der Waals surface area contributed by atoms with E-state index >= 15 is 0 Å². The number of aromatic nitrogens is 1. The molecule has 0 bridgehead atoms. The summed E-state index contributed by atoms with van der Waals surface area (Å²) >= 11 is 18.9. The molecule has 0 atom stereocenters. The van der Waals surface area contributed by atoms with Crippen LogP contribution in [-0.4, -0.2) is 43.3 Å². The lowest BCUT2D eigenvalue weighted by molar-refractivity contribution is 0.0690. The van der Waals surface area contributed by atoms with Crippen LogP contribution in [0.2, 0.25) is 15.1 Å². The van der Waals surface area contributed by atoms with Crippen LogP contribution in [-0.2, 0) is 28.6 Å². The number of halogens is 3. The van der Waals surface area contributed by atoms with Crippen molar-refractivity contribution in [3.05, 3.63) is 164 Å². The van der Waals surface area contributed by atoms with Crippen LogP contribution in [0, 0.1) is 0 Å². The SMILES string of the molecule is CC(C)Oc1cc(OCCc2c(CCNS(=O)(=O)Cc3ccc(Cl)c(Cl)c3)n(C(c3ccccc3)c3ccccc3)c3ccc(Cl)cc23)ccc1C(=O)O. The first kappa shape index (κ1) is 39.2. The third-order valence-corrected chi connectivity index (χ3v) is 11.2. The average molecular weight is 806 g/mol. The van der Waals surface area contributed by atoms with Crippen LogP contribution in [0.25, 0.3) is 10.9 Å². The van der Waals surface area contributed by atoms with Gasteiger partial charge in [0.05, 0.1) is 34.6 Å². The molecule has 6 aromatic rings. The fourth-order valence-electron chi connectivity index (χ4n) is 6.63. The predicted molar refractivity (Wildman–Crippen MR) is 216 cm³/mol. The number of hydrogen-bond acceptors (Lipinski definition) is 5. The van der Waals surface area contributed by atoms with E-state index in [2.05, 4.69) is 33.6 Å². The van der Waals surface area contributed by atoms with Crippen LogP contribution in [0.3, 0.4) is 0 Å². The smallest absolute Gasteiger partial charge is 0.339 e. The van der Waals surface area contributed by atoms with Gasteiger partial charge in [-0.15, -0.1) is 0 Å². The monoisotopic (exact) mass is 804 g/mol. The van der Waals surface area contributed by atoms with E-state index in [0.29, 0.717) is 34.2 Å². The van der Waals surface area contributed by atoms with Gasteiger partial charge in [-0.3, -0.25) is 0 Å². The van der Waals surface area contributed by atoms with Crippen LogP contribution in [0.4, 0.5) is 0 Å². The van der Waals surface area contributed by atoms with E-state index in [4.69, 9.17) is 44.3 Å². The minimum absolute atomic E-state index is 0.0468. The highest BCUT2D eigenvalue weighted by molar-refractivity contribution is 7.88. The zero-order valence-electron chi connectivity index (χ0n) is 29.6. The van der Waals surface area contributed by atoms with Crippen molar-refractivity contribution in [2.75, 3.05) is 13.2 Å². The minimum Gasteiger partial charge on any atom is -0.493 e. The molecule has 0 aliphatic heterocycles. The van der Waals surface area contributed by atoms with Gasteiger partial charge in [0.2, 0.25) is 10.0 Å². The topological polar surface area (TPSA) is 107 Å². The zero-order chi connectivity index (χ0) is 38.4. The summed E-state index contributed by atoms with van der Waals surface area (Å²) in [7, 11) is -3.76. The van der Waals surface area contributed by atoms with Crippen LogP contribution in [0.1, 0.15) is 58.2 Å². The molecule has 5 aromatic carbocycles. The molecule has 0 aliphatic carbocycles. The highest BCUT2D eigenvalue weighted by atomic mass is 35.5. The molecule has 1 aromatic heterocycles. The fourth-order valence-corrected chi connectivity index (χ4v) is 8.26. The molecule has 0 radical (unpaired) electrons. The Kier molecular flexibility index (Phi) is 12.6. The summed E-state index contributed by atoms with van der Waals surface area (Å²) < 4.78 is 43.8. The van der Waals surface area contributed by atoms with Crippen molar-refractivity contribution >= 4 is 61.7 Å². The van der Waals surface area contributed by atoms with Gasteiger partial charge in [0, 0.05) is 47.1 Å². The normalized spacial score (nSPS) is 11.8.